The number of nitrogens with one attached hydrogen (secondary N) is 2. The van der Waals surface area contributed by atoms with Crippen LogP contribution in [0.4, 0.5) is 4.39 Å². The molecule has 574 valence electrons. The van der Waals surface area contributed by atoms with Crippen LogP contribution in [0.25, 0.3) is 52.2 Å². The average Bonchev–Trinajstić information content (AvgIpc) is 1.79. The molecule has 5 aromatic heterocycles. The molecule has 17 heteroatoms. The summed E-state index contributed by atoms with van der Waals surface area (Å²) in [7, 11) is 0. The summed E-state index contributed by atoms with van der Waals surface area (Å²) in [6, 6.07) is 55.7. The van der Waals surface area contributed by atoms with Crippen LogP contribution in [0, 0.1) is 5.82 Å². The van der Waals surface area contributed by atoms with Crippen LogP contribution in [0.5, 0.6) is 0 Å². The van der Waals surface area contributed by atoms with Gasteiger partial charge < -0.3 is 25.3 Å². The van der Waals surface area contributed by atoms with Gasteiger partial charge in [0.05, 0.1) is 16.1 Å². The first kappa shape index (κ1) is 86.4. The summed E-state index contributed by atoms with van der Waals surface area (Å²) in [5.41, 5.74) is 9.13. The van der Waals surface area contributed by atoms with E-state index in [-0.39, 0.29) is 65.0 Å². The third-order valence-electron chi connectivity index (χ3n) is 17.9. The van der Waals surface area contributed by atoms with Crippen molar-refractivity contribution in [2.45, 2.75) is 179 Å². The maximum absolute atomic E-state index is 14.3. The molecule has 107 heavy (non-hydrogen) atoms. The first-order chi connectivity index (χ1) is 50.3. The topological polar surface area (TPSA) is 119 Å². The molecule has 6 heterocycles. The van der Waals surface area contributed by atoms with E-state index in [1.807, 2.05) is 171 Å². The van der Waals surface area contributed by atoms with E-state index in [4.69, 9.17) is 11.6 Å². The number of amides is 5. The molecule has 10 aromatic rings. The van der Waals surface area contributed by atoms with E-state index in [0.717, 1.165) is 54.2 Å². The Morgan fingerprint density at radius 2 is 0.664 bits per heavy atom. The fraction of sp³-hybridized carbons (Fsp3) is 0.389. The normalized spacial score (nSPS) is 12.2. The molecular formula is C90H115ClFN5O5S5. The maximum Gasteiger partial charge on any atom is 0.256 e. The molecule has 1 aliphatic rings. The number of thiophene rings is 5. The summed E-state index contributed by atoms with van der Waals surface area (Å²) in [6.07, 6.45) is 1.01. The predicted molar refractivity (Wildman–Crippen MR) is 463 cm³/mol. The SMILES string of the molecule is CC(C)(C)c1ccc(-c2ccc(C(=O)N3CCC3)c(F)c2)s1.CCN(CC)C(=O)c1ccc(-c2ccc(C(C)(C)C)s2)cc1.CCN(CC)C(=O)c1ccc(-c2ccc(C(C)(C)C)s2)cc1Cl.CCNC(=O)c1ccc(-c2ccc(C(C)(C)C)s2)cc1.CCNC(=O)c1ccc(-c2ccc(C(C)(C)C)s2)cc1.[HH].[HH]. The van der Waals surface area contributed by atoms with Crippen molar-refractivity contribution >= 4 is 97.8 Å². The van der Waals surface area contributed by atoms with Gasteiger partial charge in [0.1, 0.15) is 5.82 Å². The third-order valence-corrected chi connectivity index (χ3v) is 26.0. The van der Waals surface area contributed by atoms with Crippen LogP contribution in [-0.4, -0.2) is 96.6 Å². The minimum atomic E-state index is -0.430. The van der Waals surface area contributed by atoms with Crippen molar-refractivity contribution in [2.24, 2.45) is 0 Å². The molecule has 0 atom stereocenters. The van der Waals surface area contributed by atoms with Gasteiger partial charge in [0, 0.05) is 121 Å². The Hall–Kier alpha value is -7.83. The maximum atomic E-state index is 14.3. The van der Waals surface area contributed by atoms with Gasteiger partial charge in [-0.3, -0.25) is 24.0 Å². The van der Waals surface area contributed by atoms with Crippen LogP contribution in [0.2, 0.25) is 5.02 Å². The lowest BCUT2D eigenvalue weighted by atomic mass is 9.95. The number of rotatable bonds is 16. The standard InChI is InChI=1S/C19H24ClNOS.C19H25NOS.C18H20FNOS.2C17H21NOS.2H2/c1-6-21(7-2)18(22)14-9-8-13(12-15(14)20)16-10-11-17(23-16)19(3,4)5;1-6-20(7-2)18(21)15-10-8-14(9-11-15)16-12-13-17(22-16)19(3,4)5;1-18(2,3)16-8-7-15(22-16)12-5-6-13(14(19)11-12)17(21)20-9-4-10-20;2*1-5-18-16(19)13-8-6-12(7-9-13)14-10-11-15(20-14)17(2,3)4;;/h8-12H,6-7H2,1-5H3;8-13H,6-7H2,1-5H3;5-8,11H,4,9-10H2,1-3H3;2*6-11H,5H2,1-4H3,(H,18,19);2*1H. The van der Waals surface area contributed by atoms with Gasteiger partial charge in [-0.15, -0.1) is 56.7 Å². The first-order valence-electron chi connectivity index (χ1n) is 37.2. The van der Waals surface area contributed by atoms with Crippen LogP contribution >= 0.6 is 68.3 Å². The molecule has 0 unspecified atom stereocenters. The molecule has 1 aliphatic heterocycles. The van der Waals surface area contributed by atoms with E-state index in [9.17, 15) is 28.4 Å². The highest BCUT2D eigenvalue weighted by atomic mass is 35.5. The minimum Gasteiger partial charge on any atom is -0.352 e. The number of halogens is 2. The zero-order valence-electron chi connectivity index (χ0n) is 66.7. The Labute approximate surface area is 665 Å². The summed E-state index contributed by atoms with van der Waals surface area (Å²) in [5.74, 6) is -0.551. The summed E-state index contributed by atoms with van der Waals surface area (Å²) >= 11 is 15.3. The van der Waals surface area contributed by atoms with Gasteiger partial charge in [0.15, 0.2) is 0 Å². The van der Waals surface area contributed by atoms with E-state index in [0.29, 0.717) is 47.9 Å². The number of carbonyl (C=O) groups excluding carboxylic acids is 5. The number of hydrogen-bond donors (Lipinski definition) is 2. The second-order valence-corrected chi connectivity index (χ2v) is 37.3. The highest BCUT2D eigenvalue weighted by Crippen LogP contribution is 2.41. The van der Waals surface area contributed by atoms with Crippen LogP contribution in [0.3, 0.4) is 0 Å². The number of hydrogen-bond acceptors (Lipinski definition) is 10. The Balaban J connectivity index is 0.000000243. The number of benzene rings is 5. The van der Waals surface area contributed by atoms with Gasteiger partial charge in [0.2, 0.25) is 0 Å². The Morgan fingerprint density at radius 1 is 0.383 bits per heavy atom. The molecule has 0 aliphatic carbocycles. The Morgan fingerprint density at radius 3 is 0.925 bits per heavy atom. The lowest BCUT2D eigenvalue weighted by Crippen LogP contribution is -2.42. The van der Waals surface area contributed by atoms with Crippen LogP contribution in [0.1, 0.15) is 231 Å². The van der Waals surface area contributed by atoms with E-state index in [1.165, 1.54) is 66.7 Å². The average molecular weight is 1560 g/mol. The highest BCUT2D eigenvalue weighted by Gasteiger charge is 2.27. The van der Waals surface area contributed by atoms with Gasteiger partial charge in [0.25, 0.3) is 29.5 Å². The van der Waals surface area contributed by atoms with E-state index < -0.39 is 5.82 Å². The first-order valence-corrected chi connectivity index (χ1v) is 41.7. The van der Waals surface area contributed by atoms with Crippen LogP contribution < -0.4 is 10.6 Å². The second kappa shape index (κ2) is 38.0. The minimum absolute atomic E-state index is 0. The van der Waals surface area contributed by atoms with Gasteiger partial charge in [-0.25, -0.2) is 4.39 Å². The van der Waals surface area contributed by atoms with E-state index in [1.54, 1.807) is 38.5 Å². The van der Waals surface area contributed by atoms with Crippen molar-refractivity contribution < 1.29 is 31.2 Å². The number of likely N-dealkylation sites (tertiary alicyclic amines) is 1. The van der Waals surface area contributed by atoms with Gasteiger partial charge in [-0.1, -0.05) is 164 Å². The molecule has 0 saturated carbocycles. The Kier molecular flexibility index (Phi) is 30.7. The van der Waals surface area contributed by atoms with Crippen LogP contribution in [-0.2, 0) is 27.1 Å². The molecule has 0 bridgehead atoms. The lowest BCUT2D eigenvalue weighted by molar-refractivity contribution is 0.0645. The largest absolute Gasteiger partial charge is 0.352 e. The monoisotopic (exact) mass is 1560 g/mol. The zero-order valence-corrected chi connectivity index (χ0v) is 71.5. The van der Waals surface area contributed by atoms with E-state index >= 15 is 0 Å². The van der Waals surface area contributed by atoms with Crippen molar-refractivity contribution in [3.8, 4) is 52.2 Å². The molecule has 5 amide bonds. The van der Waals surface area contributed by atoms with Crippen molar-refractivity contribution in [3.63, 3.8) is 0 Å². The lowest BCUT2D eigenvalue weighted by Gasteiger charge is -2.31. The van der Waals surface area contributed by atoms with Crippen molar-refractivity contribution in [1.82, 2.24) is 25.3 Å². The fourth-order valence-electron chi connectivity index (χ4n) is 11.1. The molecule has 0 spiro atoms. The van der Waals surface area contributed by atoms with Crippen molar-refractivity contribution in [2.75, 3.05) is 52.4 Å². The summed E-state index contributed by atoms with van der Waals surface area (Å²) in [5, 5.41) is 6.14. The summed E-state index contributed by atoms with van der Waals surface area (Å²) < 4.78 is 14.3. The quantitative estimate of drug-likeness (QED) is 0.0999. The van der Waals surface area contributed by atoms with Crippen LogP contribution in [0.15, 0.2) is 170 Å². The van der Waals surface area contributed by atoms with Gasteiger partial charge in [-0.05, 0) is 224 Å². The molecule has 11 rings (SSSR count). The number of carbonyl (C=O) groups is 5. The van der Waals surface area contributed by atoms with Gasteiger partial charge >= 0.3 is 0 Å². The smallest absolute Gasteiger partial charge is 0.256 e. The Bertz CT molecular complexity index is 4470. The predicted octanol–water partition coefficient (Wildman–Crippen LogP) is 25.2. The third kappa shape index (κ3) is 23.8. The fourth-order valence-corrected chi connectivity index (χ4v) is 16.7. The molecule has 10 nitrogen and oxygen atoms in total. The van der Waals surface area contributed by atoms with Gasteiger partial charge in [-0.2, -0.15) is 0 Å². The van der Waals surface area contributed by atoms with Crippen molar-refractivity contribution in [3.05, 3.63) is 233 Å². The second-order valence-electron chi connectivity index (χ2n) is 31.5. The molecule has 1 saturated heterocycles. The molecule has 0 radical (unpaired) electrons. The molecular weight excluding hydrogens is 1450 g/mol. The number of nitrogens with zero attached hydrogens (tertiary/aromatic N) is 3. The van der Waals surface area contributed by atoms with Crippen molar-refractivity contribution in [1.29, 1.82) is 0 Å². The molecule has 1 fully saturated rings. The summed E-state index contributed by atoms with van der Waals surface area (Å²) in [6.45, 7) is 50.6. The highest BCUT2D eigenvalue weighted by molar-refractivity contribution is 7.17. The molecule has 5 aromatic carbocycles. The van der Waals surface area contributed by atoms with E-state index in [2.05, 4.69) is 181 Å². The summed E-state index contributed by atoms with van der Waals surface area (Å²) in [4.78, 5) is 78.3. The molecule has 2 N–H and O–H groups in total. The zero-order chi connectivity index (χ0) is 78.9.